The van der Waals surface area contributed by atoms with Crippen molar-refractivity contribution in [2.75, 3.05) is 0 Å². The van der Waals surface area contributed by atoms with Crippen LogP contribution in [0.3, 0.4) is 0 Å². The van der Waals surface area contributed by atoms with Crippen LogP contribution in [0.5, 0.6) is 0 Å². The van der Waals surface area contributed by atoms with E-state index in [0.717, 1.165) is 0 Å². The molecule has 0 aromatic heterocycles. The maximum Gasteiger partial charge on any atom is 0.0557 e. The third-order valence-electron chi connectivity index (χ3n) is 4.25. The summed E-state index contributed by atoms with van der Waals surface area (Å²) in [6, 6.07) is 17.4. The zero-order valence-electron chi connectivity index (χ0n) is 9.64. The van der Waals surface area contributed by atoms with E-state index in [1.54, 1.807) is 0 Å². The second-order valence-corrected chi connectivity index (χ2v) is 5.18. The van der Waals surface area contributed by atoms with Gasteiger partial charge in [-0.15, -0.1) is 0 Å². The van der Waals surface area contributed by atoms with Crippen molar-refractivity contribution >= 4 is 0 Å². The molecule has 1 nitrogen and oxygen atoms in total. The van der Waals surface area contributed by atoms with Crippen LogP contribution in [-0.4, -0.2) is 0 Å². The molecule has 0 spiro atoms. The van der Waals surface area contributed by atoms with Crippen molar-refractivity contribution in [3.8, 4) is 0 Å². The van der Waals surface area contributed by atoms with E-state index in [9.17, 15) is 0 Å². The van der Waals surface area contributed by atoms with Crippen LogP contribution in [0.15, 0.2) is 48.5 Å². The van der Waals surface area contributed by atoms with Gasteiger partial charge < -0.3 is 5.73 Å². The molecule has 1 heteroatoms. The molecular weight excluding hydrogens is 206 g/mol. The smallest absolute Gasteiger partial charge is 0.0557 e. The molecule has 2 N–H and O–H groups in total. The van der Waals surface area contributed by atoms with Crippen LogP contribution < -0.4 is 5.73 Å². The van der Waals surface area contributed by atoms with Crippen molar-refractivity contribution in [1.82, 2.24) is 0 Å². The number of hydrogen-bond donors (Lipinski definition) is 1. The first-order valence-corrected chi connectivity index (χ1v) is 6.29. The quantitative estimate of drug-likeness (QED) is 0.725. The van der Waals surface area contributed by atoms with Crippen LogP contribution in [0, 0.1) is 0 Å². The van der Waals surface area contributed by atoms with Crippen LogP contribution >= 0.6 is 0 Å². The molecule has 0 saturated heterocycles. The second kappa shape index (κ2) is 3.21. The molecule has 2 atom stereocenters. The number of nitrogens with two attached hydrogens (primary N) is 1. The molecule has 2 aliphatic rings. The fourth-order valence-electron chi connectivity index (χ4n) is 3.31. The highest BCUT2D eigenvalue weighted by Crippen LogP contribution is 2.59. The summed E-state index contributed by atoms with van der Waals surface area (Å²) in [7, 11) is 0. The standard InChI is InChI=1S/C16H15N/c17-16-12-7-3-1-5-10(12)14-9-15(14)11-6-2-4-8-13(11)16/h1-8,14-16H,9,17H2/t14-,15-/m1/s1. The van der Waals surface area contributed by atoms with Crippen LogP contribution in [0.4, 0.5) is 0 Å². The summed E-state index contributed by atoms with van der Waals surface area (Å²) in [5, 5.41) is 0. The molecule has 84 valence electrons. The third-order valence-corrected chi connectivity index (χ3v) is 4.25. The van der Waals surface area contributed by atoms with Crippen LogP contribution in [0.25, 0.3) is 0 Å². The van der Waals surface area contributed by atoms with Gasteiger partial charge in [-0.1, -0.05) is 48.5 Å². The Hall–Kier alpha value is -1.60. The van der Waals surface area contributed by atoms with E-state index in [1.807, 2.05) is 0 Å². The normalized spacial score (nSPS) is 25.5. The van der Waals surface area contributed by atoms with E-state index in [1.165, 1.54) is 28.7 Å². The lowest BCUT2D eigenvalue weighted by Crippen LogP contribution is -2.14. The molecule has 17 heavy (non-hydrogen) atoms. The largest absolute Gasteiger partial charge is 0.320 e. The first-order valence-electron chi connectivity index (χ1n) is 6.29. The second-order valence-electron chi connectivity index (χ2n) is 5.18. The third kappa shape index (κ3) is 1.23. The number of benzene rings is 2. The Kier molecular flexibility index (Phi) is 1.78. The summed E-state index contributed by atoms with van der Waals surface area (Å²) < 4.78 is 0. The lowest BCUT2D eigenvalue weighted by Gasteiger charge is -2.16. The summed E-state index contributed by atoms with van der Waals surface area (Å²) in [5.74, 6) is 1.42. The highest BCUT2D eigenvalue weighted by atomic mass is 14.7. The SMILES string of the molecule is NC1c2ccccc2[C@H]2C[C@@H]2c2ccccc21. The maximum atomic E-state index is 6.44. The first kappa shape index (κ1) is 9.43. The Morgan fingerprint density at radius 1 is 0.706 bits per heavy atom. The molecule has 2 aliphatic carbocycles. The Labute approximate surface area is 101 Å². The molecule has 0 unspecified atom stereocenters. The maximum absolute atomic E-state index is 6.44. The molecule has 4 rings (SSSR count). The average Bonchev–Trinajstić information content (AvgIpc) is 3.18. The molecule has 0 radical (unpaired) electrons. The van der Waals surface area contributed by atoms with Crippen LogP contribution in [0.1, 0.15) is 46.6 Å². The zero-order valence-corrected chi connectivity index (χ0v) is 9.64. The highest BCUT2D eigenvalue weighted by molar-refractivity contribution is 5.52. The number of hydrogen-bond acceptors (Lipinski definition) is 1. The highest BCUT2D eigenvalue weighted by Gasteiger charge is 2.44. The van der Waals surface area contributed by atoms with E-state index in [2.05, 4.69) is 48.5 Å². The summed E-state index contributed by atoms with van der Waals surface area (Å²) in [5.41, 5.74) is 12.0. The van der Waals surface area contributed by atoms with Gasteiger partial charge in [-0.05, 0) is 40.5 Å². The van der Waals surface area contributed by atoms with Crippen LogP contribution in [-0.2, 0) is 0 Å². The van der Waals surface area contributed by atoms with Crippen LogP contribution in [0.2, 0.25) is 0 Å². The van der Waals surface area contributed by atoms with E-state index in [0.29, 0.717) is 11.8 Å². The Bertz CT molecular complexity index is 536. The molecule has 0 amide bonds. The van der Waals surface area contributed by atoms with Crippen molar-refractivity contribution < 1.29 is 0 Å². The summed E-state index contributed by atoms with van der Waals surface area (Å²) in [4.78, 5) is 0. The predicted octanol–water partition coefficient (Wildman–Crippen LogP) is 3.32. The molecule has 2 aromatic rings. The minimum Gasteiger partial charge on any atom is -0.320 e. The van der Waals surface area contributed by atoms with E-state index in [4.69, 9.17) is 5.73 Å². The fourth-order valence-corrected chi connectivity index (χ4v) is 3.31. The van der Waals surface area contributed by atoms with Gasteiger partial charge in [0.15, 0.2) is 0 Å². The Morgan fingerprint density at radius 3 is 1.59 bits per heavy atom. The minimum absolute atomic E-state index is 0.0511. The van der Waals surface area contributed by atoms with Gasteiger partial charge in [-0.25, -0.2) is 0 Å². The van der Waals surface area contributed by atoms with Gasteiger partial charge >= 0.3 is 0 Å². The van der Waals surface area contributed by atoms with Crippen molar-refractivity contribution in [2.24, 2.45) is 5.73 Å². The topological polar surface area (TPSA) is 26.0 Å². The Balaban J connectivity index is 1.99. The number of rotatable bonds is 0. The lowest BCUT2D eigenvalue weighted by molar-refractivity contribution is 0.850. The predicted molar refractivity (Wildman–Crippen MR) is 69.0 cm³/mol. The van der Waals surface area contributed by atoms with Gasteiger partial charge in [0.2, 0.25) is 0 Å². The van der Waals surface area contributed by atoms with Crippen molar-refractivity contribution in [3.63, 3.8) is 0 Å². The number of fused-ring (bicyclic) bond motifs is 5. The molecular formula is C16H15N. The molecule has 1 saturated carbocycles. The summed E-state index contributed by atoms with van der Waals surface area (Å²) >= 11 is 0. The van der Waals surface area contributed by atoms with Gasteiger partial charge in [0.25, 0.3) is 0 Å². The summed E-state index contributed by atoms with van der Waals surface area (Å²) in [6.07, 6.45) is 1.29. The molecule has 2 aromatic carbocycles. The van der Waals surface area contributed by atoms with Gasteiger partial charge in [0, 0.05) is 0 Å². The van der Waals surface area contributed by atoms with Crippen molar-refractivity contribution in [2.45, 2.75) is 24.3 Å². The van der Waals surface area contributed by atoms with E-state index in [-0.39, 0.29) is 6.04 Å². The van der Waals surface area contributed by atoms with Gasteiger partial charge in [-0.3, -0.25) is 0 Å². The molecule has 1 fully saturated rings. The summed E-state index contributed by atoms with van der Waals surface area (Å²) in [6.45, 7) is 0. The zero-order chi connectivity index (χ0) is 11.4. The van der Waals surface area contributed by atoms with Gasteiger partial charge in [0.1, 0.15) is 0 Å². The van der Waals surface area contributed by atoms with E-state index < -0.39 is 0 Å². The monoisotopic (exact) mass is 221 g/mol. The first-order chi connectivity index (χ1) is 8.36. The van der Waals surface area contributed by atoms with Crippen molar-refractivity contribution in [3.05, 3.63) is 70.8 Å². The van der Waals surface area contributed by atoms with Crippen molar-refractivity contribution in [1.29, 1.82) is 0 Å². The molecule has 0 bridgehead atoms. The minimum atomic E-state index is 0.0511. The van der Waals surface area contributed by atoms with Gasteiger partial charge in [-0.2, -0.15) is 0 Å². The molecule has 0 heterocycles. The lowest BCUT2D eigenvalue weighted by atomic mass is 9.93. The van der Waals surface area contributed by atoms with E-state index >= 15 is 0 Å². The fraction of sp³-hybridized carbons (Fsp3) is 0.250. The van der Waals surface area contributed by atoms with Gasteiger partial charge in [0.05, 0.1) is 6.04 Å². The Morgan fingerprint density at radius 2 is 1.12 bits per heavy atom. The molecule has 0 aliphatic heterocycles. The average molecular weight is 221 g/mol.